The van der Waals surface area contributed by atoms with Crippen LogP contribution in [0.4, 0.5) is 8.78 Å². The summed E-state index contributed by atoms with van der Waals surface area (Å²) in [5.74, 6) is -2.56. The fourth-order valence-electron chi connectivity index (χ4n) is 3.61. The lowest BCUT2D eigenvalue weighted by molar-refractivity contribution is -0.131. The van der Waals surface area contributed by atoms with Crippen LogP contribution in [-0.4, -0.2) is 70.0 Å². The number of aryl methyl sites for hydroxylation is 1. The van der Waals surface area contributed by atoms with Gasteiger partial charge in [0.25, 0.3) is 5.92 Å². The molecule has 1 amide bonds. The van der Waals surface area contributed by atoms with E-state index < -0.39 is 11.5 Å². The van der Waals surface area contributed by atoms with Gasteiger partial charge in [-0.3, -0.25) is 14.7 Å². The van der Waals surface area contributed by atoms with Crippen molar-refractivity contribution in [3.63, 3.8) is 0 Å². The number of pyridine rings is 1. The zero-order chi connectivity index (χ0) is 17.9. The molecule has 0 spiro atoms. The van der Waals surface area contributed by atoms with Crippen molar-refractivity contribution in [1.82, 2.24) is 14.8 Å². The number of aromatic nitrogens is 1. The molecule has 1 unspecified atom stereocenters. The van der Waals surface area contributed by atoms with Gasteiger partial charge in [0.2, 0.25) is 5.91 Å². The molecule has 7 heteroatoms. The summed E-state index contributed by atoms with van der Waals surface area (Å²) in [6.07, 6.45) is 4.65. The number of rotatable bonds is 5. The monoisotopic (exact) mass is 353 g/mol. The minimum atomic E-state index is -2.58. The van der Waals surface area contributed by atoms with Gasteiger partial charge in [-0.2, -0.15) is 0 Å². The van der Waals surface area contributed by atoms with E-state index in [1.165, 1.54) is 0 Å². The summed E-state index contributed by atoms with van der Waals surface area (Å²) in [6.45, 7) is 1.75. The smallest absolute Gasteiger partial charge is 0.250 e. The van der Waals surface area contributed by atoms with Crippen LogP contribution in [0.2, 0.25) is 0 Å². The van der Waals surface area contributed by atoms with Crippen LogP contribution in [0.15, 0.2) is 24.5 Å². The molecule has 2 fully saturated rings. The average Bonchev–Trinajstić information content (AvgIpc) is 2.98. The SMILES string of the molecule is O=C(CCc1cccnc1)N1CCC(O)(CN2CCC(F)(F)CC2)C1. The number of carbonyl (C=O) groups is 1. The molecule has 1 aromatic heterocycles. The lowest BCUT2D eigenvalue weighted by Gasteiger charge is -2.36. The molecule has 2 aliphatic heterocycles. The third-order valence-electron chi connectivity index (χ3n) is 5.14. The minimum Gasteiger partial charge on any atom is -0.387 e. The van der Waals surface area contributed by atoms with Crippen LogP contribution in [0.25, 0.3) is 0 Å². The number of alkyl halides is 2. The van der Waals surface area contributed by atoms with Crippen molar-refractivity contribution in [1.29, 1.82) is 0 Å². The Morgan fingerprint density at radius 3 is 2.68 bits per heavy atom. The van der Waals surface area contributed by atoms with Crippen LogP contribution < -0.4 is 0 Å². The van der Waals surface area contributed by atoms with Crippen molar-refractivity contribution in [2.75, 3.05) is 32.7 Å². The van der Waals surface area contributed by atoms with Gasteiger partial charge in [-0.1, -0.05) is 6.07 Å². The largest absolute Gasteiger partial charge is 0.387 e. The zero-order valence-electron chi connectivity index (χ0n) is 14.3. The molecule has 25 heavy (non-hydrogen) atoms. The number of aliphatic hydroxyl groups is 1. The molecule has 3 rings (SSSR count). The summed E-state index contributed by atoms with van der Waals surface area (Å²) in [5.41, 5.74) is 0.0240. The number of likely N-dealkylation sites (tertiary alicyclic amines) is 2. The number of halogens is 2. The second kappa shape index (κ2) is 7.33. The molecule has 5 nitrogen and oxygen atoms in total. The van der Waals surface area contributed by atoms with Crippen molar-refractivity contribution in [3.05, 3.63) is 30.1 Å². The van der Waals surface area contributed by atoms with E-state index in [4.69, 9.17) is 0 Å². The highest BCUT2D eigenvalue weighted by atomic mass is 19.3. The highest BCUT2D eigenvalue weighted by Gasteiger charge is 2.41. The number of carbonyl (C=O) groups excluding carboxylic acids is 1. The molecule has 1 N–H and O–H groups in total. The predicted octanol–water partition coefficient (Wildman–Crippen LogP) is 1.71. The van der Waals surface area contributed by atoms with E-state index in [0.717, 1.165) is 5.56 Å². The van der Waals surface area contributed by atoms with Gasteiger partial charge >= 0.3 is 0 Å². The summed E-state index contributed by atoms with van der Waals surface area (Å²) in [5, 5.41) is 10.7. The Morgan fingerprint density at radius 2 is 2.00 bits per heavy atom. The maximum Gasteiger partial charge on any atom is 0.250 e. The Balaban J connectivity index is 1.46. The van der Waals surface area contributed by atoms with E-state index in [9.17, 15) is 18.7 Å². The summed E-state index contributed by atoms with van der Waals surface area (Å²) in [7, 11) is 0. The Labute approximate surface area is 146 Å². The first-order chi connectivity index (χ1) is 11.9. The number of nitrogens with zero attached hydrogens (tertiary/aromatic N) is 3. The highest BCUT2D eigenvalue weighted by Crippen LogP contribution is 2.30. The molecule has 0 saturated carbocycles. The summed E-state index contributed by atoms with van der Waals surface area (Å²) in [4.78, 5) is 20.0. The maximum absolute atomic E-state index is 13.2. The normalized spacial score (nSPS) is 26.8. The second-order valence-corrected chi connectivity index (χ2v) is 7.28. The van der Waals surface area contributed by atoms with Crippen LogP contribution in [0.1, 0.15) is 31.2 Å². The van der Waals surface area contributed by atoms with E-state index in [1.807, 2.05) is 17.0 Å². The number of hydrogen-bond donors (Lipinski definition) is 1. The van der Waals surface area contributed by atoms with Gasteiger partial charge in [0.1, 0.15) is 0 Å². The molecule has 0 aliphatic carbocycles. The molecule has 1 atom stereocenters. The zero-order valence-corrected chi connectivity index (χ0v) is 14.3. The standard InChI is InChI=1S/C18H25F2N3O2/c19-18(20)6-9-22(10-7-18)13-17(25)5-11-23(14-17)16(24)4-3-15-2-1-8-21-12-15/h1-2,8,12,25H,3-7,9-11,13-14H2. The third-order valence-corrected chi connectivity index (χ3v) is 5.14. The van der Waals surface area contributed by atoms with E-state index >= 15 is 0 Å². The van der Waals surface area contributed by atoms with Crippen LogP contribution in [0.5, 0.6) is 0 Å². The van der Waals surface area contributed by atoms with Crippen LogP contribution in [0.3, 0.4) is 0 Å². The lowest BCUT2D eigenvalue weighted by atomic mass is 10.00. The van der Waals surface area contributed by atoms with Crippen molar-refractivity contribution in [2.45, 2.75) is 43.6 Å². The van der Waals surface area contributed by atoms with Crippen LogP contribution in [-0.2, 0) is 11.2 Å². The number of hydrogen-bond acceptors (Lipinski definition) is 4. The topological polar surface area (TPSA) is 56.7 Å². The van der Waals surface area contributed by atoms with Gasteiger partial charge in [0.15, 0.2) is 0 Å². The number of piperidine rings is 1. The Morgan fingerprint density at radius 1 is 1.24 bits per heavy atom. The minimum absolute atomic E-state index is 0.0185. The molecular formula is C18H25F2N3O2. The first-order valence-electron chi connectivity index (χ1n) is 8.85. The van der Waals surface area contributed by atoms with Gasteiger partial charge in [-0.15, -0.1) is 0 Å². The molecule has 2 aliphatic rings. The van der Waals surface area contributed by atoms with E-state index in [-0.39, 0.29) is 25.3 Å². The van der Waals surface area contributed by atoms with Crippen molar-refractivity contribution >= 4 is 5.91 Å². The van der Waals surface area contributed by atoms with E-state index in [2.05, 4.69) is 4.98 Å². The summed E-state index contributed by atoms with van der Waals surface area (Å²) >= 11 is 0. The van der Waals surface area contributed by atoms with Crippen molar-refractivity contribution in [2.24, 2.45) is 0 Å². The van der Waals surface area contributed by atoms with Crippen molar-refractivity contribution < 1.29 is 18.7 Å². The van der Waals surface area contributed by atoms with Crippen molar-refractivity contribution in [3.8, 4) is 0 Å². The average molecular weight is 353 g/mol. The third kappa shape index (κ3) is 4.95. The Hall–Kier alpha value is -1.60. The van der Waals surface area contributed by atoms with Crippen LogP contribution in [0, 0.1) is 0 Å². The van der Waals surface area contributed by atoms with Gasteiger partial charge in [-0.05, 0) is 24.5 Å². The molecule has 2 saturated heterocycles. The Bertz CT molecular complexity index is 589. The van der Waals surface area contributed by atoms with Crippen LogP contribution >= 0.6 is 0 Å². The summed E-state index contributed by atoms with van der Waals surface area (Å²) < 4.78 is 26.5. The van der Waals surface area contributed by atoms with Gasteiger partial charge in [0.05, 0.1) is 12.1 Å². The van der Waals surface area contributed by atoms with E-state index in [1.54, 1.807) is 17.3 Å². The predicted molar refractivity (Wildman–Crippen MR) is 89.3 cm³/mol. The second-order valence-electron chi connectivity index (χ2n) is 7.28. The maximum atomic E-state index is 13.2. The van der Waals surface area contributed by atoms with E-state index in [0.29, 0.717) is 45.4 Å². The molecule has 138 valence electrons. The number of amides is 1. The van der Waals surface area contributed by atoms with Gasteiger partial charge < -0.3 is 10.0 Å². The Kier molecular flexibility index (Phi) is 5.34. The molecular weight excluding hydrogens is 328 g/mol. The quantitative estimate of drug-likeness (QED) is 0.876. The molecule has 0 bridgehead atoms. The molecule has 0 radical (unpaired) electrons. The fourth-order valence-corrected chi connectivity index (χ4v) is 3.61. The lowest BCUT2D eigenvalue weighted by Crippen LogP contribution is -2.49. The first-order valence-corrected chi connectivity index (χ1v) is 8.85. The number of β-amino-alcohol motifs (C(OH)–C–C–N with tert-alkyl or cyclic N) is 1. The highest BCUT2D eigenvalue weighted by molar-refractivity contribution is 5.76. The van der Waals surface area contributed by atoms with Gasteiger partial charge in [-0.25, -0.2) is 8.78 Å². The summed E-state index contributed by atoms with van der Waals surface area (Å²) in [6, 6.07) is 3.78. The molecule has 0 aromatic carbocycles. The molecule has 3 heterocycles. The fraction of sp³-hybridized carbons (Fsp3) is 0.667. The first kappa shape index (κ1) is 18.2. The van der Waals surface area contributed by atoms with Gasteiger partial charge in [0, 0.05) is 57.8 Å². The molecule has 1 aromatic rings.